The Hall–Kier alpha value is -1.57. The number of ketones is 1. The third-order valence-electron chi connectivity index (χ3n) is 3.77. The molecule has 18 heavy (non-hydrogen) atoms. The molecule has 1 aliphatic rings. The van der Waals surface area contributed by atoms with Gasteiger partial charge in [0.1, 0.15) is 11.5 Å². The van der Waals surface area contributed by atoms with Crippen molar-refractivity contribution < 1.29 is 9.53 Å². The van der Waals surface area contributed by atoms with Gasteiger partial charge in [-0.3, -0.25) is 4.79 Å². The maximum Gasteiger partial charge on any atom is 0.133 e. The van der Waals surface area contributed by atoms with E-state index >= 15 is 0 Å². The summed E-state index contributed by atoms with van der Waals surface area (Å²) in [5.74, 6) is 1.40. The van der Waals surface area contributed by atoms with Crippen molar-refractivity contribution in [2.75, 3.05) is 7.11 Å². The van der Waals surface area contributed by atoms with E-state index in [1.807, 2.05) is 18.2 Å². The second-order valence-electron chi connectivity index (χ2n) is 5.04. The monoisotopic (exact) mass is 244 g/mol. The van der Waals surface area contributed by atoms with Crippen LogP contribution in [0.4, 0.5) is 0 Å². The van der Waals surface area contributed by atoms with Crippen LogP contribution in [-0.4, -0.2) is 12.9 Å². The summed E-state index contributed by atoms with van der Waals surface area (Å²) < 4.78 is 5.42. The Kier molecular flexibility index (Phi) is 3.85. The number of ether oxygens (including phenoxy) is 1. The summed E-state index contributed by atoms with van der Waals surface area (Å²) in [5, 5.41) is 0. The highest BCUT2D eigenvalue weighted by Gasteiger charge is 2.30. The van der Waals surface area contributed by atoms with Crippen molar-refractivity contribution in [1.82, 2.24) is 0 Å². The Balaban J connectivity index is 2.44. The molecule has 0 bridgehead atoms. The SMILES string of the molecule is COc1ccccc1[C@@H]1C=C(C)CC[C@H]1C(C)=O. The van der Waals surface area contributed by atoms with Gasteiger partial charge in [-0.05, 0) is 32.8 Å². The Morgan fingerprint density at radius 1 is 1.33 bits per heavy atom. The van der Waals surface area contributed by atoms with Crippen LogP contribution < -0.4 is 4.74 Å². The van der Waals surface area contributed by atoms with E-state index in [9.17, 15) is 4.79 Å². The van der Waals surface area contributed by atoms with E-state index in [0.29, 0.717) is 0 Å². The lowest BCUT2D eigenvalue weighted by molar-refractivity contribution is -0.121. The van der Waals surface area contributed by atoms with Crippen LogP contribution in [0.3, 0.4) is 0 Å². The van der Waals surface area contributed by atoms with Gasteiger partial charge in [-0.25, -0.2) is 0 Å². The maximum atomic E-state index is 11.8. The molecule has 2 heteroatoms. The number of rotatable bonds is 3. The van der Waals surface area contributed by atoms with Gasteiger partial charge >= 0.3 is 0 Å². The van der Waals surface area contributed by atoms with Crippen LogP contribution in [0, 0.1) is 5.92 Å². The third-order valence-corrected chi connectivity index (χ3v) is 3.77. The fourth-order valence-electron chi connectivity index (χ4n) is 2.77. The number of benzene rings is 1. The number of methoxy groups -OCH3 is 1. The number of carbonyl (C=O) groups is 1. The lowest BCUT2D eigenvalue weighted by atomic mass is 9.75. The summed E-state index contributed by atoms with van der Waals surface area (Å²) in [5.41, 5.74) is 2.49. The molecule has 0 saturated heterocycles. The maximum absolute atomic E-state index is 11.8. The summed E-state index contributed by atoms with van der Waals surface area (Å²) in [6, 6.07) is 8.00. The minimum atomic E-state index is 0.0880. The van der Waals surface area contributed by atoms with Gasteiger partial charge in [0.05, 0.1) is 7.11 Å². The fourth-order valence-corrected chi connectivity index (χ4v) is 2.77. The van der Waals surface area contributed by atoms with Gasteiger partial charge in [-0.15, -0.1) is 0 Å². The number of allylic oxidation sites excluding steroid dienone is 2. The van der Waals surface area contributed by atoms with Crippen molar-refractivity contribution in [2.45, 2.75) is 32.6 Å². The van der Waals surface area contributed by atoms with Gasteiger partial charge in [-0.1, -0.05) is 29.8 Å². The summed E-state index contributed by atoms with van der Waals surface area (Å²) in [4.78, 5) is 11.8. The predicted molar refractivity (Wildman–Crippen MR) is 72.9 cm³/mol. The van der Waals surface area contributed by atoms with E-state index in [4.69, 9.17) is 4.74 Å². The minimum absolute atomic E-state index is 0.0880. The highest BCUT2D eigenvalue weighted by molar-refractivity contribution is 5.80. The zero-order chi connectivity index (χ0) is 13.1. The third kappa shape index (κ3) is 2.47. The summed E-state index contributed by atoms with van der Waals surface area (Å²) in [7, 11) is 1.68. The standard InChI is InChI=1S/C16H20O2/c1-11-8-9-13(12(2)17)15(10-11)14-6-4-5-7-16(14)18-3/h4-7,10,13,15H,8-9H2,1-3H3/t13-,15+/m0/s1. The van der Waals surface area contributed by atoms with Gasteiger partial charge in [0.25, 0.3) is 0 Å². The van der Waals surface area contributed by atoms with Gasteiger partial charge in [-0.2, -0.15) is 0 Å². The number of hydrogen-bond acceptors (Lipinski definition) is 2. The first kappa shape index (κ1) is 12.9. The molecule has 0 aliphatic heterocycles. The molecule has 0 spiro atoms. The molecular weight excluding hydrogens is 224 g/mol. The number of Topliss-reactive ketones (excluding diaryl/α,β-unsaturated/α-hetero) is 1. The molecule has 1 aromatic carbocycles. The number of carbonyl (C=O) groups excluding carboxylic acids is 1. The minimum Gasteiger partial charge on any atom is -0.496 e. The number of hydrogen-bond donors (Lipinski definition) is 0. The Bertz CT molecular complexity index is 474. The quantitative estimate of drug-likeness (QED) is 0.757. The average Bonchev–Trinajstić information content (AvgIpc) is 2.38. The van der Waals surface area contributed by atoms with Crippen molar-refractivity contribution >= 4 is 5.78 Å². The second-order valence-corrected chi connectivity index (χ2v) is 5.04. The summed E-state index contributed by atoms with van der Waals surface area (Å²) >= 11 is 0. The van der Waals surface area contributed by atoms with Gasteiger partial charge in [0, 0.05) is 17.4 Å². The van der Waals surface area contributed by atoms with Crippen LogP contribution in [0.5, 0.6) is 5.75 Å². The molecule has 1 aliphatic carbocycles. The van der Waals surface area contributed by atoms with Crippen LogP contribution in [0.1, 0.15) is 38.2 Å². The molecule has 2 atom stereocenters. The topological polar surface area (TPSA) is 26.3 Å². The molecule has 2 nitrogen and oxygen atoms in total. The fraction of sp³-hybridized carbons (Fsp3) is 0.438. The highest BCUT2D eigenvalue weighted by atomic mass is 16.5. The smallest absolute Gasteiger partial charge is 0.133 e. The van der Waals surface area contributed by atoms with Crippen LogP contribution in [0.2, 0.25) is 0 Å². The lowest BCUT2D eigenvalue weighted by Gasteiger charge is -2.29. The predicted octanol–water partition coefficient (Wildman–Crippen LogP) is 3.72. The van der Waals surface area contributed by atoms with Crippen molar-refractivity contribution in [3.8, 4) is 5.75 Å². The normalized spacial score (nSPS) is 23.4. The molecule has 0 amide bonds. The molecule has 0 radical (unpaired) electrons. The largest absolute Gasteiger partial charge is 0.496 e. The first-order valence-corrected chi connectivity index (χ1v) is 6.44. The van der Waals surface area contributed by atoms with Crippen LogP contribution in [0.15, 0.2) is 35.9 Å². The highest BCUT2D eigenvalue weighted by Crippen LogP contribution is 2.40. The summed E-state index contributed by atoms with van der Waals surface area (Å²) in [6.07, 6.45) is 4.20. The molecule has 2 rings (SSSR count). The van der Waals surface area contributed by atoms with Crippen LogP contribution >= 0.6 is 0 Å². The molecule has 0 N–H and O–H groups in total. The van der Waals surface area contributed by atoms with Crippen LogP contribution in [-0.2, 0) is 4.79 Å². The van der Waals surface area contributed by atoms with E-state index in [1.54, 1.807) is 14.0 Å². The van der Waals surface area contributed by atoms with Gasteiger partial charge < -0.3 is 4.74 Å². The van der Waals surface area contributed by atoms with Gasteiger partial charge in [0.2, 0.25) is 0 Å². The van der Waals surface area contributed by atoms with Crippen LogP contribution in [0.25, 0.3) is 0 Å². The van der Waals surface area contributed by atoms with Gasteiger partial charge in [0.15, 0.2) is 0 Å². The zero-order valence-corrected chi connectivity index (χ0v) is 11.3. The second kappa shape index (κ2) is 5.38. The zero-order valence-electron chi connectivity index (χ0n) is 11.3. The average molecular weight is 244 g/mol. The van der Waals surface area contributed by atoms with Crippen molar-refractivity contribution in [3.63, 3.8) is 0 Å². The van der Waals surface area contributed by atoms with E-state index in [-0.39, 0.29) is 17.6 Å². The van der Waals surface area contributed by atoms with Crippen molar-refractivity contribution in [3.05, 3.63) is 41.5 Å². The first-order chi connectivity index (χ1) is 8.63. The molecule has 0 aromatic heterocycles. The lowest BCUT2D eigenvalue weighted by Crippen LogP contribution is -2.22. The van der Waals surface area contributed by atoms with E-state index in [0.717, 1.165) is 24.2 Å². The molecular formula is C16H20O2. The molecule has 96 valence electrons. The van der Waals surface area contributed by atoms with E-state index in [1.165, 1.54) is 5.57 Å². The van der Waals surface area contributed by atoms with Crippen molar-refractivity contribution in [1.29, 1.82) is 0 Å². The Morgan fingerprint density at radius 2 is 2.06 bits per heavy atom. The number of para-hydroxylation sites is 1. The van der Waals surface area contributed by atoms with E-state index in [2.05, 4.69) is 19.1 Å². The Morgan fingerprint density at radius 3 is 2.72 bits per heavy atom. The summed E-state index contributed by atoms with van der Waals surface area (Å²) in [6.45, 7) is 3.83. The molecule has 0 fully saturated rings. The van der Waals surface area contributed by atoms with Crippen molar-refractivity contribution in [2.24, 2.45) is 5.92 Å². The molecule has 0 saturated carbocycles. The van der Waals surface area contributed by atoms with E-state index < -0.39 is 0 Å². The first-order valence-electron chi connectivity index (χ1n) is 6.44. The molecule has 0 heterocycles. The Labute approximate surface area is 109 Å². The molecule has 1 aromatic rings. The molecule has 0 unspecified atom stereocenters.